The summed E-state index contributed by atoms with van der Waals surface area (Å²) in [6.07, 6.45) is 7.09. The number of hydrogen-bond donors (Lipinski definition) is 1. The molecule has 0 aromatic heterocycles. The van der Waals surface area contributed by atoms with Crippen LogP contribution in [-0.2, 0) is 4.74 Å². The van der Waals surface area contributed by atoms with Crippen LogP contribution >= 0.6 is 0 Å². The maximum absolute atomic E-state index is 8.55. The number of aliphatic hydroxyl groups excluding tert-OH is 1. The van der Waals surface area contributed by atoms with Crippen molar-refractivity contribution in [3.05, 3.63) is 23.5 Å². The normalized spacial score (nSPS) is 16.8. The van der Waals surface area contributed by atoms with Crippen LogP contribution in [-0.4, -0.2) is 18.3 Å². The van der Waals surface area contributed by atoms with Gasteiger partial charge in [0.1, 0.15) is 5.76 Å². The zero-order valence-electron chi connectivity index (χ0n) is 7.55. The predicted molar refractivity (Wildman–Crippen MR) is 48.7 cm³/mol. The van der Waals surface area contributed by atoms with Crippen LogP contribution in [0.15, 0.2) is 23.5 Å². The van der Waals surface area contributed by atoms with E-state index in [1.807, 2.05) is 6.08 Å². The van der Waals surface area contributed by atoms with Gasteiger partial charge in [0.2, 0.25) is 0 Å². The van der Waals surface area contributed by atoms with Gasteiger partial charge in [-0.05, 0) is 31.4 Å². The molecule has 1 N–H and O–H groups in total. The molecular formula is C10H16O2. The fourth-order valence-electron chi connectivity index (χ4n) is 1.17. The number of aliphatic hydroxyl groups is 1. The Labute approximate surface area is 73.5 Å². The smallest absolute Gasteiger partial charge is 0.117 e. The molecule has 0 amide bonds. The Morgan fingerprint density at radius 3 is 3.08 bits per heavy atom. The Morgan fingerprint density at radius 1 is 1.58 bits per heavy atom. The van der Waals surface area contributed by atoms with Crippen molar-refractivity contribution in [1.29, 1.82) is 0 Å². The average Bonchev–Trinajstić information content (AvgIpc) is 2.09. The highest BCUT2D eigenvalue weighted by Gasteiger charge is 2.03. The van der Waals surface area contributed by atoms with Gasteiger partial charge >= 0.3 is 0 Å². The first-order chi connectivity index (χ1) is 5.84. The minimum absolute atomic E-state index is 0.204. The SMILES string of the molecule is CC1=C(OCCCO)C=CCC1. The van der Waals surface area contributed by atoms with Gasteiger partial charge in [0.25, 0.3) is 0 Å². The fourth-order valence-corrected chi connectivity index (χ4v) is 1.17. The monoisotopic (exact) mass is 168 g/mol. The highest BCUT2D eigenvalue weighted by atomic mass is 16.5. The van der Waals surface area contributed by atoms with Gasteiger partial charge in [0, 0.05) is 13.0 Å². The molecule has 0 aromatic rings. The predicted octanol–water partition coefficient (Wildman–Crippen LogP) is 2.01. The zero-order chi connectivity index (χ0) is 8.81. The molecule has 2 heteroatoms. The van der Waals surface area contributed by atoms with Crippen LogP contribution < -0.4 is 0 Å². The second kappa shape index (κ2) is 4.99. The summed E-state index contributed by atoms with van der Waals surface area (Å²) in [5.41, 5.74) is 1.32. The van der Waals surface area contributed by atoms with Gasteiger partial charge in [-0.25, -0.2) is 0 Å². The molecule has 0 unspecified atom stereocenters. The van der Waals surface area contributed by atoms with Gasteiger partial charge in [-0.2, -0.15) is 0 Å². The van der Waals surface area contributed by atoms with Crippen LogP contribution in [0, 0.1) is 0 Å². The van der Waals surface area contributed by atoms with Crippen molar-refractivity contribution < 1.29 is 9.84 Å². The van der Waals surface area contributed by atoms with E-state index < -0.39 is 0 Å². The lowest BCUT2D eigenvalue weighted by molar-refractivity contribution is 0.181. The third-order valence-electron chi connectivity index (χ3n) is 1.94. The Kier molecular flexibility index (Phi) is 3.88. The second-order valence-electron chi connectivity index (χ2n) is 3.01. The summed E-state index contributed by atoms with van der Waals surface area (Å²) >= 11 is 0. The molecule has 0 saturated heterocycles. The third-order valence-corrected chi connectivity index (χ3v) is 1.94. The Balaban J connectivity index is 2.34. The van der Waals surface area contributed by atoms with Crippen molar-refractivity contribution >= 4 is 0 Å². The van der Waals surface area contributed by atoms with E-state index in [4.69, 9.17) is 9.84 Å². The van der Waals surface area contributed by atoms with Crippen LogP contribution in [0.3, 0.4) is 0 Å². The van der Waals surface area contributed by atoms with Crippen molar-refractivity contribution in [2.75, 3.05) is 13.2 Å². The molecule has 68 valence electrons. The quantitative estimate of drug-likeness (QED) is 0.651. The van der Waals surface area contributed by atoms with E-state index in [0.717, 1.165) is 18.6 Å². The van der Waals surface area contributed by atoms with E-state index in [2.05, 4.69) is 13.0 Å². The minimum atomic E-state index is 0.204. The molecule has 0 aromatic carbocycles. The van der Waals surface area contributed by atoms with Gasteiger partial charge in [-0.15, -0.1) is 0 Å². The molecule has 0 fully saturated rings. The van der Waals surface area contributed by atoms with Crippen LogP contribution in [0.4, 0.5) is 0 Å². The Bertz CT molecular complexity index is 192. The van der Waals surface area contributed by atoms with E-state index in [0.29, 0.717) is 13.0 Å². The summed E-state index contributed by atoms with van der Waals surface area (Å²) in [4.78, 5) is 0. The molecule has 0 bridgehead atoms. The maximum Gasteiger partial charge on any atom is 0.117 e. The highest BCUT2D eigenvalue weighted by molar-refractivity contribution is 5.22. The summed E-state index contributed by atoms with van der Waals surface area (Å²) < 4.78 is 5.47. The number of hydrogen-bond acceptors (Lipinski definition) is 2. The molecule has 0 aliphatic heterocycles. The van der Waals surface area contributed by atoms with Crippen LogP contribution in [0.25, 0.3) is 0 Å². The van der Waals surface area contributed by atoms with Gasteiger partial charge in [-0.3, -0.25) is 0 Å². The lowest BCUT2D eigenvalue weighted by Gasteiger charge is -2.13. The van der Waals surface area contributed by atoms with Gasteiger partial charge in [0.05, 0.1) is 6.61 Å². The standard InChI is InChI=1S/C10H16O2/c1-9-5-2-3-6-10(9)12-8-4-7-11/h3,6,11H,2,4-5,7-8H2,1H3. The van der Waals surface area contributed by atoms with Crippen molar-refractivity contribution in [2.45, 2.75) is 26.2 Å². The van der Waals surface area contributed by atoms with E-state index in [1.165, 1.54) is 5.57 Å². The molecule has 0 radical (unpaired) electrons. The maximum atomic E-state index is 8.55. The Morgan fingerprint density at radius 2 is 2.42 bits per heavy atom. The van der Waals surface area contributed by atoms with Crippen molar-refractivity contribution in [3.8, 4) is 0 Å². The summed E-state index contributed by atoms with van der Waals surface area (Å²) in [5, 5.41) is 8.55. The lowest BCUT2D eigenvalue weighted by atomic mass is 10.1. The summed E-state index contributed by atoms with van der Waals surface area (Å²) in [5.74, 6) is 0.995. The third kappa shape index (κ3) is 2.70. The molecule has 1 aliphatic carbocycles. The lowest BCUT2D eigenvalue weighted by Crippen LogP contribution is -2.00. The van der Waals surface area contributed by atoms with Crippen molar-refractivity contribution in [3.63, 3.8) is 0 Å². The zero-order valence-corrected chi connectivity index (χ0v) is 7.55. The average molecular weight is 168 g/mol. The van der Waals surface area contributed by atoms with Crippen LogP contribution in [0.5, 0.6) is 0 Å². The van der Waals surface area contributed by atoms with Gasteiger partial charge in [-0.1, -0.05) is 6.08 Å². The van der Waals surface area contributed by atoms with E-state index in [-0.39, 0.29) is 6.61 Å². The first kappa shape index (κ1) is 9.33. The first-order valence-electron chi connectivity index (χ1n) is 4.44. The van der Waals surface area contributed by atoms with E-state index >= 15 is 0 Å². The number of allylic oxidation sites excluding steroid dienone is 3. The largest absolute Gasteiger partial charge is 0.494 e. The molecule has 0 atom stereocenters. The van der Waals surface area contributed by atoms with Crippen LogP contribution in [0.1, 0.15) is 26.2 Å². The molecule has 0 spiro atoms. The van der Waals surface area contributed by atoms with E-state index in [9.17, 15) is 0 Å². The van der Waals surface area contributed by atoms with Crippen molar-refractivity contribution in [1.82, 2.24) is 0 Å². The molecule has 12 heavy (non-hydrogen) atoms. The molecular weight excluding hydrogens is 152 g/mol. The molecule has 1 rings (SSSR count). The first-order valence-corrected chi connectivity index (χ1v) is 4.44. The molecule has 2 nitrogen and oxygen atoms in total. The van der Waals surface area contributed by atoms with Crippen LogP contribution in [0.2, 0.25) is 0 Å². The molecule has 0 heterocycles. The van der Waals surface area contributed by atoms with E-state index in [1.54, 1.807) is 0 Å². The topological polar surface area (TPSA) is 29.5 Å². The van der Waals surface area contributed by atoms with Crippen molar-refractivity contribution in [2.24, 2.45) is 0 Å². The summed E-state index contributed by atoms with van der Waals surface area (Å²) in [7, 11) is 0. The highest BCUT2D eigenvalue weighted by Crippen LogP contribution is 2.18. The summed E-state index contributed by atoms with van der Waals surface area (Å²) in [6.45, 7) is 2.92. The fraction of sp³-hybridized carbons (Fsp3) is 0.600. The summed E-state index contributed by atoms with van der Waals surface area (Å²) in [6, 6.07) is 0. The molecule has 1 aliphatic rings. The number of ether oxygens (including phenoxy) is 1. The van der Waals surface area contributed by atoms with Gasteiger partial charge < -0.3 is 9.84 Å². The Hall–Kier alpha value is -0.760. The van der Waals surface area contributed by atoms with Gasteiger partial charge in [0.15, 0.2) is 0 Å². The molecule has 0 saturated carbocycles. The number of rotatable bonds is 4. The minimum Gasteiger partial charge on any atom is -0.494 e. The second-order valence-corrected chi connectivity index (χ2v) is 3.01.